The second kappa shape index (κ2) is 7.96. The molecule has 28 heavy (non-hydrogen) atoms. The Kier molecular flexibility index (Phi) is 5.40. The Labute approximate surface area is 167 Å². The van der Waals surface area contributed by atoms with E-state index in [2.05, 4.69) is 41.4 Å². The number of phenols is 1. The van der Waals surface area contributed by atoms with Crippen LogP contribution in [0.3, 0.4) is 0 Å². The Morgan fingerprint density at radius 2 is 1.82 bits per heavy atom. The maximum absolute atomic E-state index is 12.8. The predicted molar refractivity (Wildman–Crippen MR) is 111 cm³/mol. The lowest BCUT2D eigenvalue weighted by Gasteiger charge is -2.28. The highest BCUT2D eigenvalue weighted by atomic mass is 16.3. The van der Waals surface area contributed by atoms with Gasteiger partial charge in [0.1, 0.15) is 5.75 Å². The lowest BCUT2D eigenvalue weighted by molar-refractivity contribution is -0.122. The molecule has 1 heterocycles. The van der Waals surface area contributed by atoms with E-state index in [9.17, 15) is 9.90 Å². The SMILES string of the molecule is C[C@]1(c2ccccc2)C[C@H]1C(=O)NCC(Cc1ccc(O)cc1)N1CCCC1. The Morgan fingerprint density at radius 1 is 1.14 bits per heavy atom. The zero-order valence-corrected chi connectivity index (χ0v) is 16.6. The minimum Gasteiger partial charge on any atom is -0.508 e. The van der Waals surface area contributed by atoms with Crippen LogP contribution in [0.2, 0.25) is 0 Å². The van der Waals surface area contributed by atoms with Gasteiger partial charge in [-0.1, -0.05) is 49.4 Å². The van der Waals surface area contributed by atoms with Gasteiger partial charge in [-0.15, -0.1) is 0 Å². The van der Waals surface area contributed by atoms with Crippen molar-refractivity contribution >= 4 is 5.91 Å². The van der Waals surface area contributed by atoms with E-state index in [4.69, 9.17) is 0 Å². The fourth-order valence-electron chi connectivity index (χ4n) is 4.57. The summed E-state index contributed by atoms with van der Waals surface area (Å²) in [6, 6.07) is 18.1. The van der Waals surface area contributed by atoms with E-state index < -0.39 is 0 Å². The third kappa shape index (κ3) is 4.07. The molecule has 2 aromatic carbocycles. The number of carbonyl (C=O) groups excluding carboxylic acids is 1. The largest absolute Gasteiger partial charge is 0.508 e. The normalized spacial score (nSPS) is 25.4. The number of aromatic hydroxyl groups is 1. The molecule has 1 aliphatic carbocycles. The molecule has 3 atom stereocenters. The Balaban J connectivity index is 1.37. The van der Waals surface area contributed by atoms with Crippen LogP contribution in [0.4, 0.5) is 0 Å². The summed E-state index contributed by atoms with van der Waals surface area (Å²) in [7, 11) is 0. The van der Waals surface area contributed by atoms with E-state index in [0.29, 0.717) is 18.3 Å². The molecule has 2 fully saturated rings. The number of carbonyl (C=O) groups is 1. The number of amides is 1. The van der Waals surface area contributed by atoms with Crippen molar-refractivity contribution in [2.45, 2.75) is 44.1 Å². The lowest BCUT2D eigenvalue weighted by atomic mass is 9.95. The van der Waals surface area contributed by atoms with Crippen LogP contribution >= 0.6 is 0 Å². The molecule has 2 aromatic rings. The van der Waals surface area contributed by atoms with Crippen molar-refractivity contribution in [2.75, 3.05) is 19.6 Å². The van der Waals surface area contributed by atoms with Crippen molar-refractivity contribution in [1.82, 2.24) is 10.2 Å². The smallest absolute Gasteiger partial charge is 0.224 e. The number of hydrogen-bond donors (Lipinski definition) is 2. The minimum atomic E-state index is -0.0224. The summed E-state index contributed by atoms with van der Waals surface area (Å²) < 4.78 is 0. The van der Waals surface area contributed by atoms with Gasteiger partial charge < -0.3 is 10.4 Å². The molecule has 0 spiro atoms. The van der Waals surface area contributed by atoms with Crippen LogP contribution in [-0.2, 0) is 16.6 Å². The van der Waals surface area contributed by atoms with Gasteiger partial charge in [-0.2, -0.15) is 0 Å². The van der Waals surface area contributed by atoms with E-state index in [1.165, 1.54) is 24.0 Å². The third-order valence-corrected chi connectivity index (χ3v) is 6.56. The monoisotopic (exact) mass is 378 g/mol. The maximum atomic E-state index is 12.8. The molecule has 0 bridgehead atoms. The number of nitrogens with zero attached hydrogens (tertiary/aromatic N) is 1. The zero-order chi connectivity index (χ0) is 19.6. The summed E-state index contributed by atoms with van der Waals surface area (Å²) in [6.07, 6.45) is 4.28. The molecule has 148 valence electrons. The quantitative estimate of drug-likeness (QED) is 0.775. The van der Waals surface area contributed by atoms with Crippen LogP contribution in [0.1, 0.15) is 37.3 Å². The van der Waals surface area contributed by atoms with Crippen LogP contribution in [-0.4, -0.2) is 41.6 Å². The van der Waals surface area contributed by atoms with Crippen molar-refractivity contribution < 1.29 is 9.90 Å². The minimum absolute atomic E-state index is 0.0224. The summed E-state index contributed by atoms with van der Waals surface area (Å²) >= 11 is 0. The van der Waals surface area contributed by atoms with Crippen molar-refractivity contribution in [3.63, 3.8) is 0 Å². The van der Waals surface area contributed by atoms with Crippen molar-refractivity contribution in [1.29, 1.82) is 0 Å². The second-order valence-corrected chi connectivity index (χ2v) is 8.55. The molecule has 1 saturated carbocycles. The van der Waals surface area contributed by atoms with Crippen LogP contribution in [0, 0.1) is 5.92 Å². The summed E-state index contributed by atoms with van der Waals surface area (Å²) in [5, 5.41) is 12.8. The van der Waals surface area contributed by atoms with E-state index >= 15 is 0 Å². The summed E-state index contributed by atoms with van der Waals surface area (Å²) in [5.74, 6) is 0.549. The topological polar surface area (TPSA) is 52.6 Å². The molecule has 1 aliphatic heterocycles. The molecule has 2 aliphatic rings. The van der Waals surface area contributed by atoms with E-state index in [-0.39, 0.29) is 17.2 Å². The number of likely N-dealkylation sites (tertiary alicyclic amines) is 1. The van der Waals surface area contributed by atoms with Crippen LogP contribution in [0.15, 0.2) is 54.6 Å². The second-order valence-electron chi connectivity index (χ2n) is 8.55. The third-order valence-electron chi connectivity index (χ3n) is 6.56. The first kappa shape index (κ1) is 19.0. The number of rotatable bonds is 7. The first-order valence-electron chi connectivity index (χ1n) is 10.4. The lowest BCUT2D eigenvalue weighted by Crippen LogP contribution is -2.44. The fourth-order valence-corrected chi connectivity index (χ4v) is 4.57. The Bertz CT molecular complexity index is 799. The number of hydrogen-bond acceptors (Lipinski definition) is 3. The first-order valence-corrected chi connectivity index (χ1v) is 10.4. The average Bonchev–Trinajstić information content (AvgIpc) is 3.14. The highest BCUT2D eigenvalue weighted by Crippen LogP contribution is 2.53. The fraction of sp³-hybridized carbons (Fsp3) is 0.458. The molecule has 0 aromatic heterocycles. The zero-order valence-electron chi connectivity index (χ0n) is 16.6. The molecular weight excluding hydrogens is 348 g/mol. The summed E-state index contributed by atoms with van der Waals surface area (Å²) in [4.78, 5) is 15.3. The van der Waals surface area contributed by atoms with Crippen LogP contribution in [0.5, 0.6) is 5.75 Å². The van der Waals surface area contributed by atoms with Crippen LogP contribution in [0.25, 0.3) is 0 Å². The molecule has 1 amide bonds. The number of phenolic OH excluding ortho intramolecular Hbond substituents is 1. The molecule has 4 nitrogen and oxygen atoms in total. The van der Waals surface area contributed by atoms with E-state index in [1.807, 2.05) is 18.2 Å². The van der Waals surface area contributed by atoms with Gasteiger partial charge in [0.15, 0.2) is 0 Å². The summed E-state index contributed by atoms with van der Waals surface area (Å²) in [5.41, 5.74) is 2.44. The predicted octanol–water partition coefficient (Wildman–Crippen LogP) is 3.49. The molecular formula is C24H30N2O2. The Morgan fingerprint density at radius 3 is 2.50 bits per heavy atom. The highest BCUT2D eigenvalue weighted by molar-refractivity contribution is 5.84. The van der Waals surface area contributed by atoms with E-state index in [1.54, 1.807) is 12.1 Å². The standard InChI is InChI=1S/C24H30N2O2/c1-24(19-7-3-2-4-8-19)16-22(24)23(28)25-17-20(26-13-5-6-14-26)15-18-9-11-21(27)12-10-18/h2-4,7-12,20,22,27H,5-6,13-17H2,1H3,(H,25,28)/t20?,22-,24+/m0/s1. The maximum Gasteiger partial charge on any atom is 0.224 e. The summed E-state index contributed by atoms with van der Waals surface area (Å²) in [6.45, 7) is 5.08. The van der Waals surface area contributed by atoms with Gasteiger partial charge >= 0.3 is 0 Å². The number of benzene rings is 2. The van der Waals surface area contributed by atoms with Gasteiger partial charge in [0, 0.05) is 23.9 Å². The first-order chi connectivity index (χ1) is 13.6. The average molecular weight is 379 g/mol. The van der Waals surface area contributed by atoms with Crippen molar-refractivity contribution in [3.8, 4) is 5.75 Å². The van der Waals surface area contributed by atoms with E-state index in [0.717, 1.165) is 25.9 Å². The van der Waals surface area contributed by atoms with Gasteiger partial charge in [-0.25, -0.2) is 0 Å². The molecule has 0 radical (unpaired) electrons. The van der Waals surface area contributed by atoms with Gasteiger partial charge in [-0.05, 0) is 62.0 Å². The van der Waals surface area contributed by atoms with Gasteiger partial charge in [-0.3, -0.25) is 9.69 Å². The van der Waals surface area contributed by atoms with Gasteiger partial charge in [0.05, 0.1) is 0 Å². The molecule has 2 N–H and O–H groups in total. The van der Waals surface area contributed by atoms with Gasteiger partial charge in [0.2, 0.25) is 5.91 Å². The van der Waals surface area contributed by atoms with Gasteiger partial charge in [0.25, 0.3) is 0 Å². The molecule has 4 heteroatoms. The van der Waals surface area contributed by atoms with Crippen molar-refractivity contribution in [2.24, 2.45) is 5.92 Å². The van der Waals surface area contributed by atoms with Crippen LogP contribution < -0.4 is 5.32 Å². The number of nitrogens with one attached hydrogen (secondary N) is 1. The Hall–Kier alpha value is -2.33. The molecule has 1 unspecified atom stereocenters. The molecule has 4 rings (SSSR count). The molecule has 1 saturated heterocycles. The van der Waals surface area contributed by atoms with Crippen molar-refractivity contribution in [3.05, 3.63) is 65.7 Å². The highest BCUT2D eigenvalue weighted by Gasteiger charge is 2.55.